The van der Waals surface area contributed by atoms with Gasteiger partial charge in [-0.25, -0.2) is 0 Å². The van der Waals surface area contributed by atoms with Crippen molar-refractivity contribution in [2.45, 2.75) is 46.3 Å². The van der Waals surface area contributed by atoms with Crippen LogP contribution in [0.3, 0.4) is 0 Å². The molecule has 1 rings (SSSR count). The van der Waals surface area contributed by atoms with E-state index < -0.39 is 18.3 Å². The van der Waals surface area contributed by atoms with Crippen LogP contribution in [-0.2, 0) is 26.6 Å². The average Bonchev–Trinajstić information content (AvgIpc) is 3.21. The predicted molar refractivity (Wildman–Crippen MR) is 79.7 cm³/mol. The van der Waals surface area contributed by atoms with Crippen molar-refractivity contribution in [2.75, 3.05) is 33.0 Å². The van der Waals surface area contributed by atoms with Crippen molar-refractivity contribution in [1.82, 2.24) is 0 Å². The van der Waals surface area contributed by atoms with E-state index >= 15 is 0 Å². The lowest BCUT2D eigenvalue weighted by atomic mass is 10.5. The van der Waals surface area contributed by atoms with E-state index in [0.717, 1.165) is 19.1 Å². The second-order valence-corrected chi connectivity index (χ2v) is 9.00. The first kappa shape index (κ1) is 18.2. The van der Waals surface area contributed by atoms with E-state index in [4.69, 9.17) is 26.6 Å². The highest BCUT2D eigenvalue weighted by Gasteiger charge is 2.47. The average molecular weight is 325 g/mol. The van der Waals surface area contributed by atoms with E-state index in [1.54, 1.807) is 0 Å². The molecule has 0 radical (unpaired) electrons. The summed E-state index contributed by atoms with van der Waals surface area (Å²) < 4.78 is 34.3. The van der Waals surface area contributed by atoms with Gasteiger partial charge in [-0.05, 0) is 26.8 Å². The topological polar surface area (TPSA) is 58.7 Å². The van der Waals surface area contributed by atoms with Gasteiger partial charge in [-0.2, -0.15) is 0 Å². The van der Waals surface area contributed by atoms with E-state index in [2.05, 4.69) is 6.92 Å². The number of hydrogen-bond acceptors (Lipinski definition) is 6. The summed E-state index contributed by atoms with van der Waals surface area (Å²) in [7, 11) is -4.91. The maximum atomic E-state index is 6.11. The first-order valence-electron chi connectivity index (χ1n) is 7.52. The molecule has 8 heteroatoms. The molecule has 0 spiro atoms. The molecule has 0 aromatic rings. The van der Waals surface area contributed by atoms with Crippen molar-refractivity contribution in [1.29, 1.82) is 0 Å². The van der Waals surface area contributed by atoms with Crippen molar-refractivity contribution in [3.63, 3.8) is 0 Å². The van der Waals surface area contributed by atoms with E-state index in [-0.39, 0.29) is 6.10 Å². The summed E-state index contributed by atoms with van der Waals surface area (Å²) in [5.41, 5.74) is 0. The summed E-state index contributed by atoms with van der Waals surface area (Å²) in [4.78, 5) is 0. The smallest absolute Gasteiger partial charge is 0.394 e. The molecule has 120 valence electrons. The molecular weight excluding hydrogens is 296 g/mol. The van der Waals surface area contributed by atoms with Gasteiger partial charge in [0.15, 0.2) is 0 Å². The SMILES string of the molecule is CCC[SiH](OCC1CO1)O[Si](OCC)(OCC)OCC. The molecule has 1 saturated heterocycles. The Bertz CT molecular complexity index is 235. The molecule has 0 amide bonds. The molecule has 0 N–H and O–H groups in total. The minimum atomic E-state index is -3.05. The van der Waals surface area contributed by atoms with Crippen LogP contribution in [0.2, 0.25) is 6.04 Å². The Morgan fingerprint density at radius 2 is 1.60 bits per heavy atom. The number of rotatable bonds is 13. The highest BCUT2D eigenvalue weighted by molar-refractivity contribution is 6.64. The highest BCUT2D eigenvalue weighted by Crippen LogP contribution is 2.18. The minimum Gasteiger partial charge on any atom is -0.394 e. The Labute approximate surface area is 125 Å². The molecule has 0 aromatic heterocycles. The van der Waals surface area contributed by atoms with Crippen LogP contribution in [0.25, 0.3) is 0 Å². The van der Waals surface area contributed by atoms with E-state index in [9.17, 15) is 0 Å². The van der Waals surface area contributed by atoms with Crippen LogP contribution in [-0.4, -0.2) is 57.5 Å². The molecule has 1 aliphatic heterocycles. The molecule has 1 heterocycles. The molecule has 1 aliphatic rings. The van der Waals surface area contributed by atoms with Gasteiger partial charge in [0.05, 0.1) is 13.2 Å². The van der Waals surface area contributed by atoms with Crippen LogP contribution >= 0.6 is 0 Å². The molecule has 20 heavy (non-hydrogen) atoms. The van der Waals surface area contributed by atoms with Gasteiger partial charge in [0.2, 0.25) is 0 Å². The molecule has 0 bridgehead atoms. The highest BCUT2D eigenvalue weighted by atomic mass is 28.5. The van der Waals surface area contributed by atoms with Crippen molar-refractivity contribution in [2.24, 2.45) is 0 Å². The molecule has 0 aliphatic carbocycles. The number of hydrogen-bond donors (Lipinski definition) is 0. The van der Waals surface area contributed by atoms with E-state index in [1.807, 2.05) is 20.8 Å². The van der Waals surface area contributed by atoms with Crippen molar-refractivity contribution < 1.29 is 26.6 Å². The van der Waals surface area contributed by atoms with Crippen molar-refractivity contribution in [3.05, 3.63) is 0 Å². The summed E-state index contributed by atoms with van der Waals surface area (Å²) in [6, 6.07) is 0.911. The van der Waals surface area contributed by atoms with E-state index in [1.165, 1.54) is 0 Å². The molecule has 6 nitrogen and oxygen atoms in total. The summed E-state index contributed by atoms with van der Waals surface area (Å²) >= 11 is 0. The van der Waals surface area contributed by atoms with Gasteiger partial charge in [-0.3, -0.25) is 0 Å². The van der Waals surface area contributed by atoms with E-state index in [0.29, 0.717) is 26.4 Å². The zero-order valence-electron chi connectivity index (χ0n) is 13.1. The molecule has 1 fully saturated rings. The Balaban J connectivity index is 2.58. The Morgan fingerprint density at radius 1 is 1.05 bits per heavy atom. The van der Waals surface area contributed by atoms with Gasteiger partial charge in [0.25, 0.3) is 0 Å². The monoisotopic (exact) mass is 324 g/mol. The van der Waals surface area contributed by atoms with Crippen LogP contribution in [0.15, 0.2) is 0 Å². The predicted octanol–water partition coefficient (Wildman–Crippen LogP) is 1.59. The summed E-state index contributed by atoms with van der Waals surface area (Å²) in [5, 5.41) is 0. The van der Waals surface area contributed by atoms with Gasteiger partial charge in [0.1, 0.15) is 6.10 Å². The summed E-state index contributed by atoms with van der Waals surface area (Å²) in [6.45, 7) is 10.8. The first-order chi connectivity index (χ1) is 9.69. The molecule has 0 saturated carbocycles. The van der Waals surface area contributed by atoms with Gasteiger partial charge in [0, 0.05) is 19.8 Å². The Kier molecular flexibility index (Phi) is 9.13. The minimum absolute atomic E-state index is 0.243. The quantitative estimate of drug-likeness (QED) is 0.379. The zero-order valence-corrected chi connectivity index (χ0v) is 15.2. The zero-order chi connectivity index (χ0) is 14.8. The normalized spacial score (nSPS) is 20.1. The second-order valence-electron chi connectivity index (χ2n) is 4.42. The van der Waals surface area contributed by atoms with Gasteiger partial charge in [-0.1, -0.05) is 13.3 Å². The Morgan fingerprint density at radius 3 is 2.00 bits per heavy atom. The number of ether oxygens (including phenoxy) is 1. The molecule has 0 aromatic carbocycles. The van der Waals surface area contributed by atoms with Crippen LogP contribution in [0.5, 0.6) is 0 Å². The third-order valence-corrected chi connectivity index (χ3v) is 8.38. The van der Waals surface area contributed by atoms with Gasteiger partial charge in [-0.15, -0.1) is 0 Å². The van der Waals surface area contributed by atoms with Crippen molar-refractivity contribution in [3.8, 4) is 0 Å². The fourth-order valence-corrected chi connectivity index (χ4v) is 6.94. The van der Waals surface area contributed by atoms with Crippen LogP contribution in [0, 0.1) is 0 Å². The lowest BCUT2D eigenvalue weighted by Crippen LogP contribution is -2.53. The first-order valence-corrected chi connectivity index (χ1v) is 10.9. The van der Waals surface area contributed by atoms with Gasteiger partial charge < -0.3 is 26.6 Å². The van der Waals surface area contributed by atoms with Crippen LogP contribution < -0.4 is 0 Å². The maximum absolute atomic E-state index is 6.11. The third kappa shape index (κ3) is 6.77. The lowest BCUT2D eigenvalue weighted by molar-refractivity contribution is 0.000508. The van der Waals surface area contributed by atoms with Crippen molar-refractivity contribution >= 4 is 18.3 Å². The molecule has 2 unspecified atom stereocenters. The molecular formula is C12H28O6Si2. The summed E-state index contributed by atoms with van der Waals surface area (Å²) in [6.07, 6.45) is 1.25. The van der Waals surface area contributed by atoms with Crippen LogP contribution in [0.1, 0.15) is 34.1 Å². The molecule has 2 atom stereocenters. The lowest BCUT2D eigenvalue weighted by Gasteiger charge is -2.30. The standard InChI is InChI=1S/C12H28O6Si2/c1-5-9-19(14-11-12-10-13-12)18-20(15-6-2,16-7-3)17-8-4/h12,19H,5-11H2,1-4H3. The summed E-state index contributed by atoms with van der Waals surface area (Å²) in [5.74, 6) is 0. The largest absolute Gasteiger partial charge is 0.670 e. The van der Waals surface area contributed by atoms with Crippen LogP contribution in [0.4, 0.5) is 0 Å². The fraction of sp³-hybridized carbons (Fsp3) is 1.00. The van der Waals surface area contributed by atoms with Gasteiger partial charge >= 0.3 is 18.3 Å². The fourth-order valence-electron chi connectivity index (χ4n) is 1.71. The second kappa shape index (κ2) is 10.0. The Hall–Kier alpha value is 0.194. The maximum Gasteiger partial charge on any atom is 0.670 e. The number of epoxide rings is 1. The third-order valence-electron chi connectivity index (χ3n) is 2.63.